The van der Waals surface area contributed by atoms with Crippen molar-refractivity contribution in [2.45, 2.75) is 64.1 Å². The second kappa shape index (κ2) is 4.72. The fourth-order valence-corrected chi connectivity index (χ4v) is 4.41. The number of aliphatic carboxylic acids is 1. The minimum atomic E-state index is -0.862. The lowest BCUT2D eigenvalue weighted by atomic mass is 9.75. The van der Waals surface area contributed by atoms with Crippen LogP contribution in [0, 0.1) is 11.3 Å². The average Bonchev–Trinajstić information content (AvgIpc) is 2.98. The highest BCUT2D eigenvalue weighted by molar-refractivity contribution is 5.86. The Morgan fingerprint density at radius 2 is 2.05 bits per heavy atom. The molecule has 3 heterocycles. The van der Waals surface area contributed by atoms with Crippen molar-refractivity contribution >= 4 is 11.9 Å². The zero-order chi connectivity index (χ0) is 14.5. The normalized spacial score (nSPS) is 39.0. The number of piperidine rings is 1. The molecule has 112 valence electrons. The quantitative estimate of drug-likeness (QED) is 0.798. The summed E-state index contributed by atoms with van der Waals surface area (Å²) in [6.07, 6.45) is 4.85. The van der Waals surface area contributed by atoms with Crippen LogP contribution in [-0.2, 0) is 9.59 Å². The fraction of sp³-hybridized carbons (Fsp3) is 0.867. The van der Waals surface area contributed by atoms with Gasteiger partial charge in [-0.3, -0.25) is 4.79 Å². The van der Waals surface area contributed by atoms with E-state index in [2.05, 4.69) is 5.32 Å². The van der Waals surface area contributed by atoms with Crippen molar-refractivity contribution in [3.05, 3.63) is 0 Å². The Bertz CT molecular complexity index is 435. The van der Waals surface area contributed by atoms with E-state index in [9.17, 15) is 14.7 Å². The van der Waals surface area contributed by atoms with Crippen molar-refractivity contribution in [1.82, 2.24) is 10.2 Å². The predicted molar refractivity (Wildman–Crippen MR) is 74.2 cm³/mol. The molecule has 0 radical (unpaired) electrons. The van der Waals surface area contributed by atoms with Gasteiger partial charge in [-0.05, 0) is 37.5 Å². The van der Waals surface area contributed by atoms with Gasteiger partial charge in [-0.2, -0.15) is 0 Å². The first kappa shape index (κ1) is 13.9. The average molecular weight is 280 g/mol. The summed E-state index contributed by atoms with van der Waals surface area (Å²) in [5.41, 5.74) is -0.342. The highest BCUT2D eigenvalue weighted by Gasteiger charge is 2.50. The molecule has 4 atom stereocenters. The van der Waals surface area contributed by atoms with Crippen LogP contribution < -0.4 is 5.32 Å². The summed E-state index contributed by atoms with van der Waals surface area (Å²) in [6.45, 7) is 4.52. The lowest BCUT2D eigenvalue weighted by Crippen LogP contribution is -2.58. The molecule has 5 heteroatoms. The maximum Gasteiger partial charge on any atom is 0.326 e. The van der Waals surface area contributed by atoms with Crippen LogP contribution >= 0.6 is 0 Å². The number of nitrogens with zero attached hydrogens (tertiary/aromatic N) is 1. The van der Waals surface area contributed by atoms with Gasteiger partial charge in [0.2, 0.25) is 5.91 Å². The number of carboxylic acid groups (broad SMARTS) is 1. The Hall–Kier alpha value is -1.10. The largest absolute Gasteiger partial charge is 0.480 e. The maximum atomic E-state index is 12.8. The Morgan fingerprint density at radius 3 is 2.60 bits per heavy atom. The summed E-state index contributed by atoms with van der Waals surface area (Å²) in [5, 5.41) is 13.0. The highest BCUT2D eigenvalue weighted by atomic mass is 16.4. The van der Waals surface area contributed by atoms with Crippen molar-refractivity contribution in [2.75, 3.05) is 6.54 Å². The molecule has 2 N–H and O–H groups in total. The molecule has 3 aliphatic rings. The standard InChI is InChI=1S/C15H24N2O3/c1-15(2)6-3-7-17(12(15)14(19)20)13(18)10-8-9-4-5-11(10)16-9/h9-12,16H,3-8H2,1-2H3,(H,19,20). The summed E-state index contributed by atoms with van der Waals surface area (Å²) in [5.74, 6) is -0.812. The lowest BCUT2D eigenvalue weighted by molar-refractivity contribution is -0.161. The number of amides is 1. The zero-order valence-corrected chi connectivity index (χ0v) is 12.3. The minimum absolute atomic E-state index is 0.00972. The Labute approximate surface area is 119 Å². The number of hydrogen-bond donors (Lipinski definition) is 2. The van der Waals surface area contributed by atoms with Crippen LogP contribution in [-0.4, -0.2) is 46.6 Å². The Kier molecular flexibility index (Phi) is 3.27. The van der Waals surface area contributed by atoms with Crippen molar-refractivity contribution in [1.29, 1.82) is 0 Å². The van der Waals surface area contributed by atoms with Gasteiger partial charge >= 0.3 is 5.97 Å². The number of likely N-dealkylation sites (tertiary alicyclic amines) is 1. The molecule has 0 aromatic rings. The van der Waals surface area contributed by atoms with E-state index in [0.717, 1.165) is 32.1 Å². The van der Waals surface area contributed by atoms with Gasteiger partial charge in [-0.1, -0.05) is 13.8 Å². The molecule has 1 amide bonds. The van der Waals surface area contributed by atoms with E-state index in [-0.39, 0.29) is 23.3 Å². The van der Waals surface area contributed by atoms with Gasteiger partial charge in [0.05, 0.1) is 5.92 Å². The summed E-state index contributed by atoms with van der Waals surface area (Å²) in [7, 11) is 0. The molecule has 0 aromatic heterocycles. The third-order valence-corrected chi connectivity index (χ3v) is 5.41. The predicted octanol–water partition coefficient (Wildman–Crippen LogP) is 1.23. The highest BCUT2D eigenvalue weighted by Crippen LogP contribution is 2.39. The number of fused-ring (bicyclic) bond motifs is 2. The number of carbonyl (C=O) groups excluding carboxylic acids is 1. The second-order valence-electron chi connectivity index (χ2n) is 7.25. The third-order valence-electron chi connectivity index (χ3n) is 5.41. The summed E-state index contributed by atoms with van der Waals surface area (Å²) < 4.78 is 0. The van der Waals surface area contributed by atoms with Crippen molar-refractivity contribution in [2.24, 2.45) is 11.3 Å². The summed E-state index contributed by atoms with van der Waals surface area (Å²) in [6, 6.07) is 0.0601. The molecule has 2 bridgehead atoms. The van der Waals surface area contributed by atoms with Crippen LogP contribution in [0.25, 0.3) is 0 Å². The minimum Gasteiger partial charge on any atom is -0.480 e. The fourth-order valence-electron chi connectivity index (χ4n) is 4.41. The van der Waals surface area contributed by atoms with Crippen LogP contribution in [0.15, 0.2) is 0 Å². The van der Waals surface area contributed by atoms with Gasteiger partial charge in [-0.15, -0.1) is 0 Å². The van der Waals surface area contributed by atoms with Gasteiger partial charge in [0.1, 0.15) is 6.04 Å². The van der Waals surface area contributed by atoms with E-state index in [1.807, 2.05) is 13.8 Å². The van der Waals surface area contributed by atoms with Gasteiger partial charge < -0.3 is 15.3 Å². The zero-order valence-electron chi connectivity index (χ0n) is 12.3. The Morgan fingerprint density at radius 1 is 1.30 bits per heavy atom. The van der Waals surface area contributed by atoms with E-state index in [1.54, 1.807) is 4.90 Å². The van der Waals surface area contributed by atoms with Crippen LogP contribution in [0.1, 0.15) is 46.0 Å². The van der Waals surface area contributed by atoms with Gasteiger partial charge in [0.15, 0.2) is 0 Å². The van der Waals surface area contributed by atoms with Crippen LogP contribution in [0.3, 0.4) is 0 Å². The molecule has 0 aromatic carbocycles. The molecule has 3 fully saturated rings. The molecule has 3 rings (SSSR count). The molecule has 5 nitrogen and oxygen atoms in total. The molecule has 0 aliphatic carbocycles. The monoisotopic (exact) mass is 280 g/mol. The first-order valence-electron chi connectivity index (χ1n) is 7.69. The van der Waals surface area contributed by atoms with Crippen LogP contribution in [0.5, 0.6) is 0 Å². The van der Waals surface area contributed by atoms with Crippen LogP contribution in [0.2, 0.25) is 0 Å². The van der Waals surface area contributed by atoms with Crippen LogP contribution in [0.4, 0.5) is 0 Å². The van der Waals surface area contributed by atoms with E-state index in [4.69, 9.17) is 0 Å². The van der Waals surface area contributed by atoms with Crippen molar-refractivity contribution < 1.29 is 14.7 Å². The van der Waals surface area contributed by atoms with Crippen molar-refractivity contribution in [3.63, 3.8) is 0 Å². The molecule has 3 saturated heterocycles. The molecule has 0 spiro atoms. The number of carbonyl (C=O) groups is 2. The SMILES string of the molecule is CC1(C)CCCN(C(=O)C2CC3CCC2N3)C1C(=O)O. The smallest absolute Gasteiger partial charge is 0.326 e. The molecule has 20 heavy (non-hydrogen) atoms. The van der Waals surface area contributed by atoms with E-state index < -0.39 is 12.0 Å². The summed E-state index contributed by atoms with van der Waals surface area (Å²) in [4.78, 5) is 26.1. The van der Waals surface area contributed by atoms with E-state index in [0.29, 0.717) is 12.6 Å². The number of hydrogen-bond acceptors (Lipinski definition) is 3. The summed E-state index contributed by atoms with van der Waals surface area (Å²) >= 11 is 0. The van der Waals surface area contributed by atoms with E-state index in [1.165, 1.54) is 0 Å². The molecule has 4 unspecified atom stereocenters. The first-order chi connectivity index (χ1) is 9.40. The first-order valence-corrected chi connectivity index (χ1v) is 7.69. The number of rotatable bonds is 2. The molecular weight excluding hydrogens is 256 g/mol. The van der Waals surface area contributed by atoms with Gasteiger partial charge in [0, 0.05) is 18.6 Å². The number of nitrogens with one attached hydrogen (secondary N) is 1. The van der Waals surface area contributed by atoms with Gasteiger partial charge in [-0.25, -0.2) is 4.79 Å². The second-order valence-corrected chi connectivity index (χ2v) is 7.25. The maximum absolute atomic E-state index is 12.8. The van der Waals surface area contributed by atoms with E-state index >= 15 is 0 Å². The van der Waals surface area contributed by atoms with Gasteiger partial charge in [0.25, 0.3) is 0 Å². The molecular formula is C15H24N2O3. The third kappa shape index (κ3) is 2.12. The number of carboxylic acids is 1. The molecule has 0 saturated carbocycles. The van der Waals surface area contributed by atoms with Crippen molar-refractivity contribution in [3.8, 4) is 0 Å². The topological polar surface area (TPSA) is 69.6 Å². The molecule has 3 aliphatic heterocycles. The lowest BCUT2D eigenvalue weighted by Gasteiger charge is -2.45. The Balaban J connectivity index is 1.80.